The molecule has 3 rings (SSSR count). The number of rotatable bonds is 3. The third-order valence-electron chi connectivity index (χ3n) is 4.30. The number of halogens is 1. The van der Waals surface area contributed by atoms with Gasteiger partial charge in [0, 0.05) is 28.3 Å². The summed E-state index contributed by atoms with van der Waals surface area (Å²) >= 11 is 3.41. The Morgan fingerprint density at radius 1 is 1.29 bits per heavy atom. The normalized spacial score (nSPS) is 29.6. The Morgan fingerprint density at radius 2 is 1.95 bits per heavy atom. The molecule has 116 valence electrons. The van der Waals surface area contributed by atoms with Crippen molar-refractivity contribution < 1.29 is 13.7 Å². The van der Waals surface area contributed by atoms with Crippen molar-refractivity contribution in [1.82, 2.24) is 5.32 Å². The number of hydrogen-bond donors (Lipinski definition) is 1. The number of ether oxygens (including phenoxy) is 2. The molecule has 0 aromatic heterocycles. The molecule has 4 nitrogen and oxygen atoms in total. The van der Waals surface area contributed by atoms with Crippen LogP contribution in [0.2, 0.25) is 0 Å². The summed E-state index contributed by atoms with van der Waals surface area (Å²) in [6.45, 7) is 1.28. The largest absolute Gasteiger partial charge is 0.347 e. The third-order valence-corrected chi connectivity index (χ3v) is 6.61. The van der Waals surface area contributed by atoms with Crippen LogP contribution in [-0.2, 0) is 20.3 Å². The van der Waals surface area contributed by atoms with Gasteiger partial charge in [0.05, 0.1) is 29.3 Å². The molecular weight excluding hydrogens is 354 g/mol. The summed E-state index contributed by atoms with van der Waals surface area (Å²) < 4.78 is 25.6. The Kier molecular flexibility index (Phi) is 4.81. The fraction of sp³-hybridized carbons (Fsp3) is 0.600. The molecule has 1 saturated heterocycles. The van der Waals surface area contributed by atoms with Crippen molar-refractivity contribution in [3.05, 3.63) is 28.7 Å². The van der Waals surface area contributed by atoms with Crippen molar-refractivity contribution in [1.29, 1.82) is 0 Å². The summed E-state index contributed by atoms with van der Waals surface area (Å²) in [6, 6.07) is 7.94. The molecule has 1 spiro atoms. The van der Waals surface area contributed by atoms with Gasteiger partial charge in [-0.3, -0.25) is 4.21 Å². The molecule has 21 heavy (non-hydrogen) atoms. The molecule has 1 N–H and O–H groups in total. The lowest BCUT2D eigenvalue weighted by Gasteiger charge is -2.40. The summed E-state index contributed by atoms with van der Waals surface area (Å²) in [5.41, 5.74) is 0. The fourth-order valence-electron chi connectivity index (χ4n) is 3.17. The highest BCUT2D eigenvalue weighted by Gasteiger charge is 2.46. The first-order chi connectivity index (χ1) is 10.1. The molecule has 1 saturated carbocycles. The SMILES string of the molecule is CNC1CCC2(CC1S(=O)c1ccc(Br)cc1)OCCO2. The smallest absolute Gasteiger partial charge is 0.169 e. The summed E-state index contributed by atoms with van der Waals surface area (Å²) in [5, 5.41) is 3.31. The van der Waals surface area contributed by atoms with Crippen molar-refractivity contribution >= 4 is 26.7 Å². The van der Waals surface area contributed by atoms with E-state index in [1.807, 2.05) is 31.3 Å². The van der Waals surface area contributed by atoms with E-state index in [-0.39, 0.29) is 11.3 Å². The third kappa shape index (κ3) is 3.24. The molecule has 6 heteroatoms. The standard InChI is InChI=1S/C15H20BrNO3S/c1-17-13-6-7-15(19-8-9-20-15)10-14(13)21(18)12-4-2-11(16)3-5-12/h2-5,13-14,17H,6-10H2,1H3. The van der Waals surface area contributed by atoms with Gasteiger partial charge in [0.25, 0.3) is 0 Å². The van der Waals surface area contributed by atoms with Crippen LogP contribution in [0.25, 0.3) is 0 Å². The average Bonchev–Trinajstić information content (AvgIpc) is 2.95. The van der Waals surface area contributed by atoms with E-state index in [1.54, 1.807) is 0 Å². The minimum Gasteiger partial charge on any atom is -0.347 e. The molecule has 2 fully saturated rings. The van der Waals surface area contributed by atoms with Crippen LogP contribution in [0.15, 0.2) is 33.6 Å². The second kappa shape index (κ2) is 6.46. The first-order valence-electron chi connectivity index (χ1n) is 7.25. The van der Waals surface area contributed by atoms with E-state index in [9.17, 15) is 4.21 Å². The van der Waals surface area contributed by atoms with Crippen LogP contribution < -0.4 is 5.32 Å². The highest BCUT2D eigenvalue weighted by molar-refractivity contribution is 9.10. The van der Waals surface area contributed by atoms with Crippen molar-refractivity contribution in [2.24, 2.45) is 0 Å². The number of hydrogen-bond acceptors (Lipinski definition) is 4. The summed E-state index contributed by atoms with van der Waals surface area (Å²) in [6.07, 6.45) is 2.47. The van der Waals surface area contributed by atoms with Crippen LogP contribution in [0.4, 0.5) is 0 Å². The summed E-state index contributed by atoms with van der Waals surface area (Å²) in [4.78, 5) is 0.860. The molecule has 1 heterocycles. The van der Waals surface area contributed by atoms with E-state index < -0.39 is 16.6 Å². The second-order valence-electron chi connectivity index (χ2n) is 5.54. The maximum Gasteiger partial charge on any atom is 0.169 e. The van der Waals surface area contributed by atoms with Crippen LogP contribution >= 0.6 is 15.9 Å². The topological polar surface area (TPSA) is 47.6 Å². The van der Waals surface area contributed by atoms with Gasteiger partial charge in [0.1, 0.15) is 0 Å². The first-order valence-corrected chi connectivity index (χ1v) is 9.25. The van der Waals surface area contributed by atoms with E-state index in [2.05, 4.69) is 21.2 Å². The van der Waals surface area contributed by atoms with Gasteiger partial charge in [-0.1, -0.05) is 15.9 Å². The summed E-state index contributed by atoms with van der Waals surface area (Å²) in [7, 11) is 0.862. The van der Waals surface area contributed by atoms with Gasteiger partial charge >= 0.3 is 0 Å². The van der Waals surface area contributed by atoms with E-state index in [0.29, 0.717) is 19.6 Å². The molecule has 0 radical (unpaired) electrons. The van der Waals surface area contributed by atoms with E-state index >= 15 is 0 Å². The van der Waals surface area contributed by atoms with Gasteiger partial charge < -0.3 is 14.8 Å². The number of benzene rings is 1. The van der Waals surface area contributed by atoms with Crippen molar-refractivity contribution in [2.45, 2.75) is 41.2 Å². The van der Waals surface area contributed by atoms with Gasteiger partial charge in [0.2, 0.25) is 0 Å². The molecule has 2 aliphatic rings. The van der Waals surface area contributed by atoms with Gasteiger partial charge in [-0.05, 0) is 37.7 Å². The first kappa shape index (κ1) is 15.6. The van der Waals surface area contributed by atoms with Crippen molar-refractivity contribution in [3.63, 3.8) is 0 Å². The van der Waals surface area contributed by atoms with Gasteiger partial charge in [0.15, 0.2) is 5.79 Å². The Labute approximate surface area is 136 Å². The molecule has 3 unspecified atom stereocenters. The molecule has 1 aromatic rings. The zero-order chi connectivity index (χ0) is 14.9. The quantitative estimate of drug-likeness (QED) is 0.883. The molecule has 0 amide bonds. The molecule has 3 atom stereocenters. The highest BCUT2D eigenvalue weighted by atomic mass is 79.9. The Hall–Kier alpha value is -0.270. The fourth-order valence-corrected chi connectivity index (χ4v) is 5.16. The minimum absolute atomic E-state index is 0.00280. The van der Waals surface area contributed by atoms with Gasteiger partial charge in [-0.15, -0.1) is 0 Å². The maximum atomic E-state index is 13.0. The monoisotopic (exact) mass is 373 g/mol. The lowest BCUT2D eigenvalue weighted by molar-refractivity contribution is -0.178. The molecule has 0 bridgehead atoms. The maximum absolute atomic E-state index is 13.0. The van der Waals surface area contributed by atoms with Crippen molar-refractivity contribution in [3.8, 4) is 0 Å². The van der Waals surface area contributed by atoms with Crippen LogP contribution in [0, 0.1) is 0 Å². The Balaban J connectivity index is 1.82. The number of nitrogens with one attached hydrogen (secondary N) is 1. The van der Waals surface area contributed by atoms with E-state index in [0.717, 1.165) is 22.2 Å². The molecule has 1 aliphatic heterocycles. The minimum atomic E-state index is -1.07. The molecule has 1 aromatic carbocycles. The van der Waals surface area contributed by atoms with E-state index in [4.69, 9.17) is 9.47 Å². The van der Waals surface area contributed by atoms with Gasteiger partial charge in [-0.25, -0.2) is 0 Å². The van der Waals surface area contributed by atoms with Crippen LogP contribution in [0.5, 0.6) is 0 Å². The van der Waals surface area contributed by atoms with Crippen molar-refractivity contribution in [2.75, 3.05) is 20.3 Å². The molecule has 1 aliphatic carbocycles. The van der Waals surface area contributed by atoms with Crippen LogP contribution in [0.1, 0.15) is 19.3 Å². The second-order valence-corrected chi connectivity index (χ2v) is 8.12. The average molecular weight is 374 g/mol. The molecular formula is C15H20BrNO3S. The lowest BCUT2D eigenvalue weighted by Crippen LogP contribution is -2.51. The zero-order valence-corrected chi connectivity index (χ0v) is 14.4. The highest BCUT2D eigenvalue weighted by Crippen LogP contribution is 2.39. The predicted octanol–water partition coefficient (Wildman–Crippen LogP) is 2.44. The lowest BCUT2D eigenvalue weighted by atomic mass is 9.89. The van der Waals surface area contributed by atoms with E-state index in [1.165, 1.54) is 0 Å². The zero-order valence-electron chi connectivity index (χ0n) is 12.0. The van der Waals surface area contributed by atoms with Crippen LogP contribution in [-0.4, -0.2) is 41.5 Å². The van der Waals surface area contributed by atoms with Gasteiger partial charge in [-0.2, -0.15) is 0 Å². The Bertz CT molecular complexity index is 516. The Morgan fingerprint density at radius 3 is 2.57 bits per heavy atom. The predicted molar refractivity (Wildman–Crippen MR) is 85.7 cm³/mol. The summed E-state index contributed by atoms with van der Waals surface area (Å²) in [5.74, 6) is -0.511. The van der Waals surface area contributed by atoms with Crippen LogP contribution in [0.3, 0.4) is 0 Å².